The number of esters is 1. The Kier molecular flexibility index (Phi) is 5.20. The average Bonchev–Trinajstić information content (AvgIpc) is 3.28. The van der Waals surface area contributed by atoms with E-state index in [0.717, 1.165) is 11.1 Å². The minimum absolute atomic E-state index is 0.252. The summed E-state index contributed by atoms with van der Waals surface area (Å²) in [6.07, 6.45) is 1.75. The maximum atomic E-state index is 12.7. The van der Waals surface area contributed by atoms with Gasteiger partial charge in [-0.25, -0.2) is 0 Å². The molecule has 0 aliphatic heterocycles. The predicted octanol–water partition coefficient (Wildman–Crippen LogP) is 2.31. The highest BCUT2D eigenvalue weighted by Gasteiger charge is 2.14. The highest BCUT2D eigenvalue weighted by atomic mass is 32.1. The average molecular weight is 423 g/mol. The van der Waals surface area contributed by atoms with Crippen molar-refractivity contribution in [3.8, 4) is 28.6 Å². The molecule has 0 radical (unpaired) electrons. The molecule has 0 spiro atoms. The van der Waals surface area contributed by atoms with E-state index in [1.807, 2.05) is 6.07 Å². The number of rotatable bonds is 5. The second-order valence-electron chi connectivity index (χ2n) is 6.28. The molecular formula is C21H17N3O5S. The van der Waals surface area contributed by atoms with Crippen molar-refractivity contribution in [1.82, 2.24) is 14.6 Å². The van der Waals surface area contributed by atoms with Gasteiger partial charge in [-0.05, 0) is 42.0 Å². The quantitative estimate of drug-likeness (QED) is 0.359. The summed E-state index contributed by atoms with van der Waals surface area (Å²) in [7, 11) is 3.12. The smallest absolute Gasteiger partial charge is 0.308 e. The molecule has 8 nitrogen and oxygen atoms in total. The lowest BCUT2D eigenvalue weighted by Crippen LogP contribution is -2.23. The Balaban J connectivity index is 1.68. The zero-order valence-corrected chi connectivity index (χ0v) is 17.2. The molecule has 0 saturated heterocycles. The van der Waals surface area contributed by atoms with Crippen LogP contribution in [-0.2, 0) is 4.79 Å². The van der Waals surface area contributed by atoms with Crippen LogP contribution in [0.2, 0.25) is 0 Å². The number of aromatic nitrogens is 3. The fourth-order valence-electron chi connectivity index (χ4n) is 2.88. The number of nitrogens with zero attached hydrogens (tertiary/aromatic N) is 3. The van der Waals surface area contributed by atoms with Crippen molar-refractivity contribution in [2.45, 2.75) is 6.92 Å². The Bertz CT molecular complexity index is 1340. The second-order valence-corrected chi connectivity index (χ2v) is 7.29. The summed E-state index contributed by atoms with van der Waals surface area (Å²) in [6, 6.07) is 12.2. The molecule has 0 N–H and O–H groups in total. The lowest BCUT2D eigenvalue weighted by molar-refractivity contribution is -0.131. The number of hydrogen-bond donors (Lipinski definition) is 0. The first kappa shape index (κ1) is 19.6. The molecule has 2 aromatic heterocycles. The minimum atomic E-state index is -0.385. The van der Waals surface area contributed by atoms with Gasteiger partial charge in [-0.15, -0.1) is 5.10 Å². The zero-order chi connectivity index (χ0) is 21.3. The van der Waals surface area contributed by atoms with Crippen LogP contribution in [-0.4, -0.2) is 34.8 Å². The molecule has 0 atom stereocenters. The number of ether oxygens (including phenoxy) is 3. The van der Waals surface area contributed by atoms with Crippen molar-refractivity contribution in [1.29, 1.82) is 0 Å². The summed E-state index contributed by atoms with van der Waals surface area (Å²) < 4.78 is 17.4. The molecule has 30 heavy (non-hydrogen) atoms. The third-order valence-electron chi connectivity index (χ3n) is 4.26. The van der Waals surface area contributed by atoms with Crippen LogP contribution in [0.1, 0.15) is 12.5 Å². The maximum absolute atomic E-state index is 12.7. The van der Waals surface area contributed by atoms with Gasteiger partial charge in [-0.3, -0.25) is 9.59 Å². The van der Waals surface area contributed by atoms with Crippen molar-refractivity contribution in [2.75, 3.05) is 14.2 Å². The second kappa shape index (κ2) is 7.96. The molecule has 0 fully saturated rings. The molecule has 4 aromatic rings. The first-order valence-electron chi connectivity index (χ1n) is 8.90. The molecule has 0 amide bonds. The lowest BCUT2D eigenvalue weighted by atomic mass is 10.2. The Labute approximate surface area is 175 Å². The fraction of sp³-hybridized carbons (Fsp3) is 0.143. The number of thiazole rings is 1. The monoisotopic (exact) mass is 423 g/mol. The van der Waals surface area contributed by atoms with Crippen LogP contribution in [0.3, 0.4) is 0 Å². The SMILES string of the molecule is COc1ccc(-c2nc3s/c(=C/c4ccc(OC(C)=O)cc4)c(=O)n3n2)cc1OC. The summed E-state index contributed by atoms with van der Waals surface area (Å²) in [6.45, 7) is 1.34. The number of methoxy groups -OCH3 is 2. The highest BCUT2D eigenvalue weighted by molar-refractivity contribution is 7.15. The summed E-state index contributed by atoms with van der Waals surface area (Å²) in [5.41, 5.74) is 1.26. The van der Waals surface area contributed by atoms with E-state index in [2.05, 4.69) is 10.1 Å². The molecular weight excluding hydrogens is 406 g/mol. The van der Waals surface area contributed by atoms with E-state index in [0.29, 0.717) is 32.6 Å². The summed E-state index contributed by atoms with van der Waals surface area (Å²) in [5, 5.41) is 4.35. The van der Waals surface area contributed by atoms with Crippen molar-refractivity contribution in [2.24, 2.45) is 0 Å². The maximum Gasteiger partial charge on any atom is 0.308 e. The van der Waals surface area contributed by atoms with Gasteiger partial charge in [0.05, 0.1) is 18.8 Å². The molecule has 152 valence electrons. The first-order valence-corrected chi connectivity index (χ1v) is 9.72. The van der Waals surface area contributed by atoms with Gasteiger partial charge in [0.2, 0.25) is 4.96 Å². The van der Waals surface area contributed by atoms with Gasteiger partial charge in [0, 0.05) is 12.5 Å². The van der Waals surface area contributed by atoms with E-state index in [1.54, 1.807) is 56.7 Å². The minimum Gasteiger partial charge on any atom is -0.493 e. The number of carbonyl (C=O) groups is 1. The third-order valence-corrected chi connectivity index (χ3v) is 5.22. The van der Waals surface area contributed by atoms with Gasteiger partial charge < -0.3 is 14.2 Å². The highest BCUT2D eigenvalue weighted by Crippen LogP contribution is 2.31. The normalized spacial score (nSPS) is 11.6. The van der Waals surface area contributed by atoms with Crippen LogP contribution in [0.15, 0.2) is 47.3 Å². The van der Waals surface area contributed by atoms with E-state index in [4.69, 9.17) is 14.2 Å². The van der Waals surface area contributed by atoms with Crippen molar-refractivity contribution >= 4 is 28.3 Å². The lowest BCUT2D eigenvalue weighted by Gasteiger charge is -2.07. The summed E-state index contributed by atoms with van der Waals surface area (Å²) >= 11 is 1.25. The Morgan fingerprint density at radius 1 is 1.07 bits per heavy atom. The van der Waals surface area contributed by atoms with Crippen LogP contribution < -0.4 is 24.3 Å². The van der Waals surface area contributed by atoms with E-state index in [-0.39, 0.29) is 11.5 Å². The van der Waals surface area contributed by atoms with Crippen LogP contribution in [0, 0.1) is 0 Å². The van der Waals surface area contributed by atoms with Gasteiger partial charge >= 0.3 is 5.97 Å². The standard InChI is InChI=1S/C21H17N3O5S/c1-12(25)29-15-7-4-13(5-8-15)10-18-20(26)24-21(30-18)22-19(23-24)14-6-9-16(27-2)17(11-14)28-3/h4-11H,1-3H3/b18-10+. The van der Waals surface area contributed by atoms with E-state index < -0.39 is 0 Å². The van der Waals surface area contributed by atoms with Gasteiger partial charge in [-0.1, -0.05) is 23.5 Å². The Morgan fingerprint density at radius 2 is 1.80 bits per heavy atom. The first-order chi connectivity index (χ1) is 14.5. The van der Waals surface area contributed by atoms with Gasteiger partial charge in [0.25, 0.3) is 5.56 Å². The van der Waals surface area contributed by atoms with Crippen LogP contribution >= 0.6 is 11.3 Å². The van der Waals surface area contributed by atoms with E-state index in [9.17, 15) is 9.59 Å². The van der Waals surface area contributed by atoms with Crippen molar-refractivity contribution in [3.63, 3.8) is 0 Å². The van der Waals surface area contributed by atoms with Crippen LogP contribution in [0.5, 0.6) is 17.2 Å². The molecule has 4 rings (SSSR count). The number of fused-ring (bicyclic) bond motifs is 1. The topological polar surface area (TPSA) is 92.0 Å². The molecule has 0 unspecified atom stereocenters. The molecule has 0 bridgehead atoms. The van der Waals surface area contributed by atoms with Crippen molar-refractivity contribution in [3.05, 3.63) is 62.9 Å². The van der Waals surface area contributed by atoms with Gasteiger partial charge in [0.1, 0.15) is 5.75 Å². The molecule has 0 aliphatic carbocycles. The van der Waals surface area contributed by atoms with Gasteiger partial charge in [-0.2, -0.15) is 9.50 Å². The molecule has 2 aromatic carbocycles. The number of carbonyl (C=O) groups excluding carboxylic acids is 1. The van der Waals surface area contributed by atoms with E-state index >= 15 is 0 Å². The summed E-state index contributed by atoms with van der Waals surface area (Å²) in [4.78, 5) is 28.7. The molecule has 0 saturated carbocycles. The van der Waals surface area contributed by atoms with Crippen LogP contribution in [0.25, 0.3) is 22.4 Å². The molecule has 0 aliphatic rings. The van der Waals surface area contributed by atoms with E-state index in [1.165, 1.54) is 22.8 Å². The molecule has 2 heterocycles. The Hall–Kier alpha value is -3.72. The third kappa shape index (κ3) is 3.74. The number of hydrogen-bond acceptors (Lipinski definition) is 8. The number of benzene rings is 2. The summed E-state index contributed by atoms with van der Waals surface area (Å²) in [5.74, 6) is 1.65. The van der Waals surface area contributed by atoms with Gasteiger partial charge in [0.15, 0.2) is 17.3 Å². The predicted molar refractivity (Wildman–Crippen MR) is 112 cm³/mol. The van der Waals surface area contributed by atoms with Crippen LogP contribution in [0.4, 0.5) is 0 Å². The Morgan fingerprint density at radius 3 is 2.43 bits per heavy atom. The molecule has 9 heteroatoms. The van der Waals surface area contributed by atoms with Crippen molar-refractivity contribution < 1.29 is 19.0 Å². The fourth-order valence-corrected chi connectivity index (χ4v) is 3.79. The zero-order valence-electron chi connectivity index (χ0n) is 16.4. The largest absolute Gasteiger partial charge is 0.493 e.